The lowest BCUT2D eigenvalue weighted by Crippen LogP contribution is -2.03. The zero-order valence-electron chi connectivity index (χ0n) is 10.5. The molecule has 0 bridgehead atoms. The van der Waals surface area contributed by atoms with E-state index in [1.165, 1.54) is 19.3 Å². The third kappa shape index (κ3) is 9.02. The van der Waals surface area contributed by atoms with Gasteiger partial charge in [0.25, 0.3) is 0 Å². The molecule has 0 aromatic carbocycles. The van der Waals surface area contributed by atoms with Gasteiger partial charge in [0.1, 0.15) is 6.61 Å². The van der Waals surface area contributed by atoms with Crippen molar-refractivity contribution in [2.45, 2.75) is 59.3 Å². The van der Waals surface area contributed by atoms with E-state index in [1.54, 1.807) is 0 Å². The molecule has 0 N–H and O–H groups in total. The van der Waals surface area contributed by atoms with Crippen LogP contribution in [0.25, 0.3) is 0 Å². The minimum Gasteiger partial charge on any atom is -0.146 e. The second kappa shape index (κ2) is 10.6. The summed E-state index contributed by atoms with van der Waals surface area (Å²) in [5, 5.41) is 0. The van der Waals surface area contributed by atoms with E-state index >= 15 is 0 Å². The molecular formula is C12H26O2P+. The highest BCUT2D eigenvalue weighted by atomic mass is 31.1. The van der Waals surface area contributed by atoms with Crippen molar-refractivity contribution < 1.29 is 9.09 Å². The van der Waals surface area contributed by atoms with Gasteiger partial charge in [0.15, 0.2) is 6.16 Å². The van der Waals surface area contributed by atoms with Crippen LogP contribution in [0.3, 0.4) is 0 Å². The highest BCUT2D eigenvalue weighted by molar-refractivity contribution is 7.39. The van der Waals surface area contributed by atoms with Gasteiger partial charge < -0.3 is 0 Å². The molecule has 0 aliphatic heterocycles. The minimum absolute atomic E-state index is 0.593. The van der Waals surface area contributed by atoms with Gasteiger partial charge in [-0.2, -0.15) is 0 Å². The Bertz CT molecular complexity index is 160. The van der Waals surface area contributed by atoms with Crippen molar-refractivity contribution in [1.82, 2.24) is 0 Å². The molecule has 0 rings (SSSR count). The van der Waals surface area contributed by atoms with Crippen LogP contribution in [-0.2, 0) is 9.09 Å². The van der Waals surface area contributed by atoms with Crippen molar-refractivity contribution in [2.24, 2.45) is 5.92 Å². The van der Waals surface area contributed by atoms with Crippen LogP contribution < -0.4 is 0 Å². The van der Waals surface area contributed by atoms with E-state index in [2.05, 4.69) is 20.8 Å². The van der Waals surface area contributed by atoms with Gasteiger partial charge in [-0.05, 0) is 23.8 Å². The minimum atomic E-state index is -1.40. The highest BCUT2D eigenvalue weighted by Gasteiger charge is 2.23. The Morgan fingerprint density at radius 2 is 1.80 bits per heavy atom. The molecular weight excluding hydrogens is 207 g/mol. The molecule has 0 heterocycles. The first-order valence-electron chi connectivity index (χ1n) is 6.32. The standard InChI is InChI=1S/C12H26O2P/c1-4-7-9-12(6-3)11-15(13)14-10-8-5-2/h12H,4-11H2,1-3H3/q+1. The summed E-state index contributed by atoms with van der Waals surface area (Å²) in [5.41, 5.74) is 0. The number of hydrogen-bond donors (Lipinski definition) is 0. The van der Waals surface area contributed by atoms with E-state index in [0.717, 1.165) is 25.4 Å². The summed E-state index contributed by atoms with van der Waals surface area (Å²) in [4.78, 5) is 0. The van der Waals surface area contributed by atoms with Gasteiger partial charge >= 0.3 is 8.03 Å². The molecule has 0 fully saturated rings. The number of hydrogen-bond acceptors (Lipinski definition) is 2. The maximum absolute atomic E-state index is 11.6. The van der Waals surface area contributed by atoms with Crippen LogP contribution in [0.5, 0.6) is 0 Å². The topological polar surface area (TPSA) is 26.3 Å². The van der Waals surface area contributed by atoms with Crippen molar-refractivity contribution in [2.75, 3.05) is 12.8 Å². The summed E-state index contributed by atoms with van der Waals surface area (Å²) in [7, 11) is -1.40. The second-order valence-electron chi connectivity index (χ2n) is 4.12. The van der Waals surface area contributed by atoms with Crippen LogP contribution in [0.15, 0.2) is 0 Å². The van der Waals surface area contributed by atoms with Crippen molar-refractivity contribution in [3.05, 3.63) is 0 Å². The van der Waals surface area contributed by atoms with Gasteiger partial charge in [-0.3, -0.25) is 0 Å². The molecule has 0 spiro atoms. The molecule has 0 saturated carbocycles. The molecule has 0 amide bonds. The van der Waals surface area contributed by atoms with E-state index in [0.29, 0.717) is 12.5 Å². The summed E-state index contributed by atoms with van der Waals surface area (Å²) in [6, 6.07) is 0. The summed E-state index contributed by atoms with van der Waals surface area (Å²) in [6.45, 7) is 7.16. The number of rotatable bonds is 10. The van der Waals surface area contributed by atoms with E-state index in [4.69, 9.17) is 4.52 Å². The van der Waals surface area contributed by atoms with Gasteiger partial charge in [0.2, 0.25) is 0 Å². The first kappa shape index (κ1) is 15.1. The summed E-state index contributed by atoms with van der Waals surface area (Å²) in [5.74, 6) is 0.593. The third-order valence-electron chi connectivity index (χ3n) is 2.68. The molecule has 15 heavy (non-hydrogen) atoms. The molecule has 90 valence electrons. The molecule has 0 aliphatic rings. The average molecular weight is 233 g/mol. The van der Waals surface area contributed by atoms with Crippen molar-refractivity contribution >= 4 is 8.03 Å². The first-order chi connectivity index (χ1) is 7.24. The van der Waals surface area contributed by atoms with Crippen LogP contribution in [-0.4, -0.2) is 12.8 Å². The Balaban J connectivity index is 3.60. The zero-order chi connectivity index (χ0) is 11.5. The van der Waals surface area contributed by atoms with Crippen molar-refractivity contribution in [1.29, 1.82) is 0 Å². The molecule has 3 heteroatoms. The molecule has 0 aromatic rings. The van der Waals surface area contributed by atoms with E-state index in [-0.39, 0.29) is 0 Å². The Kier molecular flexibility index (Phi) is 10.6. The van der Waals surface area contributed by atoms with Crippen LogP contribution in [0.4, 0.5) is 0 Å². The second-order valence-corrected chi connectivity index (χ2v) is 5.41. The molecule has 2 atom stereocenters. The Hall–Kier alpha value is 0.0600. The molecule has 0 saturated heterocycles. The fourth-order valence-electron chi connectivity index (χ4n) is 1.49. The quantitative estimate of drug-likeness (QED) is 0.401. The predicted molar refractivity (Wildman–Crippen MR) is 66.6 cm³/mol. The van der Waals surface area contributed by atoms with Crippen LogP contribution in [0.1, 0.15) is 59.3 Å². The van der Waals surface area contributed by atoms with Crippen molar-refractivity contribution in [3.8, 4) is 0 Å². The first-order valence-corrected chi connectivity index (χ1v) is 7.68. The van der Waals surface area contributed by atoms with Crippen LogP contribution in [0.2, 0.25) is 0 Å². The SMILES string of the molecule is CCCCO[P+](=O)CC(CC)CCCC. The third-order valence-corrected chi connectivity index (χ3v) is 3.97. The molecule has 2 unspecified atom stereocenters. The lowest BCUT2D eigenvalue weighted by Gasteiger charge is -2.06. The van der Waals surface area contributed by atoms with Gasteiger partial charge in [0.05, 0.1) is 0 Å². The maximum atomic E-state index is 11.6. The molecule has 0 aromatic heterocycles. The summed E-state index contributed by atoms with van der Waals surface area (Å²) >= 11 is 0. The van der Waals surface area contributed by atoms with Gasteiger partial charge in [-0.1, -0.05) is 40.0 Å². The van der Waals surface area contributed by atoms with Crippen LogP contribution in [0, 0.1) is 5.92 Å². The average Bonchev–Trinajstić information content (AvgIpc) is 2.24. The van der Waals surface area contributed by atoms with E-state index in [9.17, 15) is 4.57 Å². The predicted octanol–water partition coefficient (Wildman–Crippen LogP) is 4.76. The fraction of sp³-hybridized carbons (Fsp3) is 1.00. The summed E-state index contributed by atoms with van der Waals surface area (Å²) in [6.07, 6.45) is 7.68. The largest absolute Gasteiger partial charge is 0.508 e. The van der Waals surface area contributed by atoms with Crippen molar-refractivity contribution in [3.63, 3.8) is 0 Å². The lowest BCUT2D eigenvalue weighted by molar-refractivity contribution is 0.315. The fourth-order valence-corrected chi connectivity index (χ4v) is 2.79. The van der Waals surface area contributed by atoms with Gasteiger partial charge in [-0.25, -0.2) is 0 Å². The monoisotopic (exact) mass is 233 g/mol. The zero-order valence-corrected chi connectivity index (χ0v) is 11.4. The van der Waals surface area contributed by atoms with Gasteiger partial charge in [0, 0.05) is 5.92 Å². The maximum Gasteiger partial charge on any atom is 0.508 e. The Labute approximate surface area is 95.7 Å². The van der Waals surface area contributed by atoms with E-state index in [1.807, 2.05) is 0 Å². The Morgan fingerprint density at radius 1 is 1.13 bits per heavy atom. The van der Waals surface area contributed by atoms with Crippen LogP contribution >= 0.6 is 8.03 Å². The Morgan fingerprint density at radius 3 is 2.33 bits per heavy atom. The molecule has 2 nitrogen and oxygen atoms in total. The lowest BCUT2D eigenvalue weighted by atomic mass is 10.0. The summed E-state index contributed by atoms with van der Waals surface area (Å²) < 4.78 is 16.9. The molecule has 0 radical (unpaired) electrons. The smallest absolute Gasteiger partial charge is 0.146 e. The van der Waals surface area contributed by atoms with E-state index < -0.39 is 8.03 Å². The van der Waals surface area contributed by atoms with Gasteiger partial charge in [-0.15, -0.1) is 4.52 Å². The molecule has 0 aliphatic carbocycles. The highest BCUT2D eigenvalue weighted by Crippen LogP contribution is 2.29. The normalized spacial score (nSPS) is 13.9. The number of unbranched alkanes of at least 4 members (excludes halogenated alkanes) is 2.